The number of nitrogens with zero attached hydrogens (tertiary/aromatic N) is 2. The van der Waals surface area contributed by atoms with E-state index < -0.39 is 5.97 Å². The third-order valence-electron chi connectivity index (χ3n) is 3.08. The van der Waals surface area contributed by atoms with Gasteiger partial charge in [0, 0.05) is 5.56 Å². The van der Waals surface area contributed by atoms with Crippen molar-refractivity contribution < 1.29 is 15.0 Å². The Balaban J connectivity index is 2.69. The predicted molar refractivity (Wildman–Crippen MR) is 71.1 cm³/mol. The van der Waals surface area contributed by atoms with Crippen LogP contribution in [0.15, 0.2) is 12.1 Å². The Labute approximate surface area is 115 Å². The highest BCUT2D eigenvalue weighted by Crippen LogP contribution is 2.28. The maximum atomic E-state index is 11.2. The van der Waals surface area contributed by atoms with Gasteiger partial charge in [-0.3, -0.25) is 0 Å². The molecule has 102 valence electrons. The molecule has 6 nitrogen and oxygen atoms in total. The van der Waals surface area contributed by atoms with E-state index in [0.29, 0.717) is 16.8 Å². The molecule has 1 heterocycles. The minimum absolute atomic E-state index is 0.136. The first-order valence-corrected chi connectivity index (χ1v) is 5.92. The Bertz CT molecular complexity index is 726. The molecule has 0 saturated heterocycles. The first-order chi connectivity index (χ1) is 9.47. The highest BCUT2D eigenvalue weighted by molar-refractivity contribution is 5.91. The van der Waals surface area contributed by atoms with Crippen molar-refractivity contribution in [1.29, 1.82) is 5.26 Å². The van der Waals surface area contributed by atoms with Gasteiger partial charge in [0.2, 0.25) is 0 Å². The van der Waals surface area contributed by atoms with Crippen molar-refractivity contribution >= 4 is 5.97 Å². The maximum Gasteiger partial charge on any atom is 0.335 e. The van der Waals surface area contributed by atoms with Gasteiger partial charge in [-0.15, -0.1) is 0 Å². The van der Waals surface area contributed by atoms with E-state index in [4.69, 9.17) is 10.4 Å². The van der Waals surface area contributed by atoms with E-state index in [1.807, 2.05) is 13.0 Å². The van der Waals surface area contributed by atoms with E-state index in [1.165, 1.54) is 6.07 Å². The lowest BCUT2D eigenvalue weighted by Crippen LogP contribution is -2.01. The van der Waals surface area contributed by atoms with Crippen LogP contribution in [0.1, 0.15) is 33.0 Å². The minimum atomic E-state index is -1.02. The van der Waals surface area contributed by atoms with Crippen molar-refractivity contribution in [3.63, 3.8) is 0 Å². The Morgan fingerprint density at radius 2 is 2.10 bits per heavy atom. The van der Waals surface area contributed by atoms with E-state index >= 15 is 0 Å². The van der Waals surface area contributed by atoms with Gasteiger partial charge in [0.1, 0.15) is 18.5 Å². The number of hydrogen-bond donors (Lipinski definition) is 3. The number of nitrogens with one attached hydrogen (secondary N) is 1. The third kappa shape index (κ3) is 2.27. The lowest BCUT2D eigenvalue weighted by molar-refractivity contribution is 0.0696. The number of imidazole rings is 1. The van der Waals surface area contributed by atoms with Crippen LogP contribution in [0, 0.1) is 25.2 Å². The fourth-order valence-corrected chi connectivity index (χ4v) is 2.12. The number of carbonyl (C=O) groups is 1. The molecule has 0 bridgehead atoms. The zero-order chi connectivity index (χ0) is 14.9. The maximum absolute atomic E-state index is 11.2. The summed E-state index contributed by atoms with van der Waals surface area (Å²) < 4.78 is 0. The van der Waals surface area contributed by atoms with Crippen LogP contribution in [0.25, 0.3) is 11.3 Å². The molecule has 1 aromatic carbocycles. The van der Waals surface area contributed by atoms with E-state index in [0.717, 1.165) is 5.56 Å². The van der Waals surface area contributed by atoms with Crippen LogP contribution in [-0.2, 0) is 6.61 Å². The Kier molecular flexibility index (Phi) is 3.55. The number of nitriles is 1. The fourth-order valence-electron chi connectivity index (χ4n) is 2.12. The van der Waals surface area contributed by atoms with Crippen LogP contribution in [-0.4, -0.2) is 26.2 Å². The predicted octanol–water partition coefficient (Wildman–Crippen LogP) is 1.76. The molecule has 0 atom stereocenters. The number of aliphatic hydroxyl groups excluding tert-OH is 1. The Morgan fingerprint density at radius 3 is 2.65 bits per heavy atom. The summed E-state index contributed by atoms with van der Waals surface area (Å²) in [7, 11) is 0. The third-order valence-corrected chi connectivity index (χ3v) is 3.08. The second-order valence-electron chi connectivity index (χ2n) is 4.46. The SMILES string of the molecule is Cc1cc(C)c(-c2[nH]c(CO)nc2C#N)cc1C(=O)O. The minimum Gasteiger partial charge on any atom is -0.478 e. The van der Waals surface area contributed by atoms with Crippen LogP contribution in [0.3, 0.4) is 0 Å². The molecule has 0 spiro atoms. The van der Waals surface area contributed by atoms with Crippen LogP contribution in [0.2, 0.25) is 0 Å². The fraction of sp³-hybridized carbons (Fsp3) is 0.214. The van der Waals surface area contributed by atoms with Crippen molar-refractivity contribution in [2.24, 2.45) is 0 Å². The molecular formula is C14H13N3O3. The summed E-state index contributed by atoms with van der Waals surface area (Å²) in [5.41, 5.74) is 2.82. The van der Waals surface area contributed by atoms with Crippen molar-refractivity contribution in [2.75, 3.05) is 0 Å². The van der Waals surface area contributed by atoms with Gasteiger partial charge >= 0.3 is 5.97 Å². The summed E-state index contributed by atoms with van der Waals surface area (Å²) in [6.45, 7) is 3.23. The summed E-state index contributed by atoms with van der Waals surface area (Å²) in [4.78, 5) is 18.0. The zero-order valence-electron chi connectivity index (χ0n) is 11.1. The lowest BCUT2D eigenvalue weighted by Gasteiger charge is -2.08. The van der Waals surface area contributed by atoms with Crippen LogP contribution in [0.4, 0.5) is 0 Å². The first-order valence-electron chi connectivity index (χ1n) is 5.92. The van der Waals surface area contributed by atoms with Crippen LogP contribution < -0.4 is 0 Å². The number of aliphatic hydroxyl groups is 1. The van der Waals surface area contributed by atoms with E-state index in [9.17, 15) is 9.90 Å². The molecule has 0 unspecified atom stereocenters. The van der Waals surface area contributed by atoms with Crippen molar-refractivity contribution in [3.05, 3.63) is 40.3 Å². The summed E-state index contributed by atoms with van der Waals surface area (Å²) in [5, 5.41) is 27.3. The molecule has 6 heteroatoms. The molecule has 0 aliphatic carbocycles. The van der Waals surface area contributed by atoms with Gasteiger partial charge in [0.25, 0.3) is 0 Å². The van der Waals surface area contributed by atoms with Gasteiger partial charge in [-0.2, -0.15) is 5.26 Å². The first kappa shape index (κ1) is 13.8. The molecule has 0 amide bonds. The highest BCUT2D eigenvalue weighted by Gasteiger charge is 2.17. The monoisotopic (exact) mass is 271 g/mol. The van der Waals surface area contributed by atoms with Crippen LogP contribution in [0.5, 0.6) is 0 Å². The zero-order valence-corrected chi connectivity index (χ0v) is 11.1. The van der Waals surface area contributed by atoms with Crippen LogP contribution >= 0.6 is 0 Å². The van der Waals surface area contributed by atoms with Gasteiger partial charge in [-0.1, -0.05) is 6.07 Å². The van der Waals surface area contributed by atoms with E-state index in [-0.39, 0.29) is 23.7 Å². The largest absolute Gasteiger partial charge is 0.478 e. The number of hydrogen-bond acceptors (Lipinski definition) is 4. The number of carboxylic acid groups (broad SMARTS) is 1. The number of rotatable bonds is 3. The van der Waals surface area contributed by atoms with Gasteiger partial charge in [-0.25, -0.2) is 9.78 Å². The number of carboxylic acids is 1. The number of aromatic nitrogens is 2. The molecule has 0 aliphatic rings. The molecule has 3 N–H and O–H groups in total. The second kappa shape index (κ2) is 5.15. The van der Waals surface area contributed by atoms with Gasteiger partial charge in [-0.05, 0) is 31.0 Å². The molecule has 1 aromatic heterocycles. The molecule has 0 fully saturated rings. The average Bonchev–Trinajstić information content (AvgIpc) is 2.81. The number of H-pyrrole nitrogens is 1. The number of aromatic amines is 1. The van der Waals surface area contributed by atoms with Crippen molar-refractivity contribution in [1.82, 2.24) is 9.97 Å². The molecule has 0 radical (unpaired) electrons. The summed E-state index contributed by atoms with van der Waals surface area (Å²) >= 11 is 0. The summed E-state index contributed by atoms with van der Waals surface area (Å²) in [6, 6.07) is 5.20. The highest BCUT2D eigenvalue weighted by atomic mass is 16.4. The van der Waals surface area contributed by atoms with Gasteiger partial charge in [0.05, 0.1) is 11.3 Å². The van der Waals surface area contributed by atoms with E-state index in [2.05, 4.69) is 9.97 Å². The smallest absolute Gasteiger partial charge is 0.335 e. The average molecular weight is 271 g/mol. The van der Waals surface area contributed by atoms with Crippen molar-refractivity contribution in [2.45, 2.75) is 20.5 Å². The number of aromatic carboxylic acids is 1. The molecule has 2 rings (SSSR count). The Hall–Kier alpha value is -2.65. The quantitative estimate of drug-likeness (QED) is 0.787. The number of aryl methyl sites for hydroxylation is 2. The summed E-state index contributed by atoms with van der Waals surface area (Å²) in [5.74, 6) is -0.752. The normalized spacial score (nSPS) is 10.3. The second-order valence-corrected chi connectivity index (χ2v) is 4.46. The molecule has 2 aromatic rings. The molecule has 0 saturated carbocycles. The molecule has 0 aliphatic heterocycles. The summed E-state index contributed by atoms with van der Waals surface area (Å²) in [6.07, 6.45) is 0. The van der Waals surface area contributed by atoms with Gasteiger partial charge in [0.15, 0.2) is 5.69 Å². The molecular weight excluding hydrogens is 258 g/mol. The number of benzene rings is 1. The molecule has 20 heavy (non-hydrogen) atoms. The Morgan fingerprint density at radius 1 is 1.40 bits per heavy atom. The topological polar surface area (TPSA) is 110 Å². The lowest BCUT2D eigenvalue weighted by atomic mass is 9.97. The standard InChI is InChI=1S/C14H13N3O3/c1-7-3-8(2)10(14(19)20)4-9(7)13-11(5-15)16-12(6-18)17-13/h3-4,18H,6H2,1-2H3,(H,16,17)(H,19,20). The van der Waals surface area contributed by atoms with Gasteiger partial charge < -0.3 is 15.2 Å². The van der Waals surface area contributed by atoms with Crippen molar-refractivity contribution in [3.8, 4) is 17.3 Å². The van der Waals surface area contributed by atoms with E-state index in [1.54, 1.807) is 13.0 Å².